The maximum Gasteiger partial charge on any atom is 0.257 e. The molecule has 0 aliphatic carbocycles. The second-order valence-corrected chi connectivity index (χ2v) is 5.89. The van der Waals surface area contributed by atoms with Gasteiger partial charge >= 0.3 is 0 Å². The molecule has 0 saturated heterocycles. The lowest BCUT2D eigenvalue weighted by molar-refractivity contribution is 0.0947. The molecule has 3 rings (SSSR count). The van der Waals surface area contributed by atoms with Gasteiger partial charge in [-0.3, -0.25) is 10.2 Å². The Morgan fingerprint density at radius 2 is 2.22 bits per heavy atom. The van der Waals surface area contributed by atoms with Crippen molar-refractivity contribution in [2.45, 2.75) is 13.5 Å². The first kappa shape index (κ1) is 15.3. The van der Waals surface area contributed by atoms with Crippen molar-refractivity contribution < 1.29 is 13.9 Å². The van der Waals surface area contributed by atoms with Crippen LogP contribution in [0.1, 0.15) is 22.2 Å². The Balaban J connectivity index is 1.90. The third-order valence-corrected chi connectivity index (χ3v) is 4.18. The molecule has 0 bridgehead atoms. The molecule has 6 heteroatoms. The number of hydrogen-bond donors (Lipinski definition) is 2. The van der Waals surface area contributed by atoms with Crippen molar-refractivity contribution in [1.29, 1.82) is 5.41 Å². The SMILES string of the molecule is CCOc1cccc2cc(C(=O)NCc3cccs3)c(=N)oc12. The fourth-order valence-electron chi connectivity index (χ4n) is 2.25. The van der Waals surface area contributed by atoms with Gasteiger partial charge < -0.3 is 14.5 Å². The van der Waals surface area contributed by atoms with Crippen LogP contribution in [0.2, 0.25) is 0 Å². The van der Waals surface area contributed by atoms with Crippen molar-refractivity contribution in [3.8, 4) is 5.75 Å². The Morgan fingerprint density at radius 1 is 1.35 bits per heavy atom. The van der Waals surface area contributed by atoms with Crippen LogP contribution >= 0.6 is 11.3 Å². The van der Waals surface area contributed by atoms with E-state index >= 15 is 0 Å². The Hall–Kier alpha value is -2.60. The van der Waals surface area contributed by atoms with Crippen molar-refractivity contribution in [1.82, 2.24) is 5.32 Å². The summed E-state index contributed by atoms with van der Waals surface area (Å²) in [5.41, 5.74) is 0.519. The number of carbonyl (C=O) groups excluding carboxylic acids is 1. The minimum Gasteiger partial charge on any atom is -0.490 e. The summed E-state index contributed by atoms with van der Waals surface area (Å²) in [6.07, 6.45) is 0. The molecule has 0 aliphatic heterocycles. The number of carbonyl (C=O) groups is 1. The van der Waals surface area contributed by atoms with E-state index in [1.165, 1.54) is 0 Å². The second kappa shape index (κ2) is 6.66. The lowest BCUT2D eigenvalue weighted by Crippen LogP contribution is -2.27. The van der Waals surface area contributed by atoms with Crippen LogP contribution in [0.25, 0.3) is 11.0 Å². The Kier molecular flexibility index (Phi) is 4.43. The summed E-state index contributed by atoms with van der Waals surface area (Å²) in [5.74, 6) is 0.250. The number of benzene rings is 1. The Morgan fingerprint density at radius 3 is 2.96 bits per heavy atom. The highest BCUT2D eigenvalue weighted by Crippen LogP contribution is 2.24. The second-order valence-electron chi connectivity index (χ2n) is 4.86. The smallest absolute Gasteiger partial charge is 0.257 e. The van der Waals surface area contributed by atoms with Gasteiger partial charge in [-0.1, -0.05) is 18.2 Å². The zero-order valence-electron chi connectivity index (χ0n) is 12.6. The van der Waals surface area contributed by atoms with E-state index in [0.29, 0.717) is 24.5 Å². The summed E-state index contributed by atoms with van der Waals surface area (Å²) in [6.45, 7) is 2.82. The molecule has 0 atom stereocenters. The first-order valence-corrected chi connectivity index (χ1v) is 8.12. The summed E-state index contributed by atoms with van der Waals surface area (Å²) >= 11 is 1.57. The van der Waals surface area contributed by atoms with Crippen LogP contribution in [0, 0.1) is 5.41 Å². The molecule has 2 N–H and O–H groups in total. The fourth-order valence-corrected chi connectivity index (χ4v) is 2.89. The van der Waals surface area contributed by atoms with Gasteiger partial charge in [0.2, 0.25) is 5.55 Å². The molecule has 23 heavy (non-hydrogen) atoms. The first-order valence-electron chi connectivity index (χ1n) is 7.24. The number of hydrogen-bond acceptors (Lipinski definition) is 5. The van der Waals surface area contributed by atoms with Crippen LogP contribution < -0.4 is 15.6 Å². The third kappa shape index (κ3) is 3.27. The van der Waals surface area contributed by atoms with Crippen molar-refractivity contribution in [3.63, 3.8) is 0 Å². The highest BCUT2D eigenvalue weighted by atomic mass is 32.1. The molecular formula is C17H16N2O3S. The van der Waals surface area contributed by atoms with Crippen molar-refractivity contribution in [3.05, 3.63) is 57.8 Å². The highest BCUT2D eigenvalue weighted by Gasteiger charge is 2.13. The van der Waals surface area contributed by atoms with Crippen molar-refractivity contribution in [2.24, 2.45) is 0 Å². The maximum atomic E-state index is 12.3. The van der Waals surface area contributed by atoms with E-state index in [2.05, 4.69) is 5.32 Å². The van der Waals surface area contributed by atoms with Gasteiger partial charge in [-0.05, 0) is 30.5 Å². The molecule has 2 heterocycles. The molecule has 2 aromatic heterocycles. The minimum absolute atomic E-state index is 0.173. The van der Waals surface area contributed by atoms with Crippen molar-refractivity contribution in [2.75, 3.05) is 6.61 Å². The number of para-hydroxylation sites is 1. The predicted octanol–water partition coefficient (Wildman–Crippen LogP) is 3.30. The van der Waals surface area contributed by atoms with Gasteiger partial charge in [0, 0.05) is 10.3 Å². The lowest BCUT2D eigenvalue weighted by atomic mass is 10.1. The molecule has 0 unspecified atom stereocenters. The molecule has 3 aromatic rings. The summed E-state index contributed by atoms with van der Waals surface area (Å²) in [6, 6.07) is 11.0. The Bertz CT molecular complexity index is 884. The van der Waals surface area contributed by atoms with E-state index in [0.717, 1.165) is 10.3 Å². The van der Waals surface area contributed by atoms with E-state index in [9.17, 15) is 4.79 Å². The number of nitrogens with one attached hydrogen (secondary N) is 2. The van der Waals surface area contributed by atoms with Crippen LogP contribution in [0.4, 0.5) is 0 Å². The number of rotatable bonds is 5. The molecule has 1 aromatic carbocycles. The summed E-state index contributed by atoms with van der Waals surface area (Å²) < 4.78 is 11.0. The largest absolute Gasteiger partial charge is 0.490 e. The van der Waals surface area contributed by atoms with Crippen LogP contribution in [0.3, 0.4) is 0 Å². The molecule has 0 spiro atoms. The van der Waals surface area contributed by atoms with E-state index in [1.807, 2.05) is 36.6 Å². The lowest BCUT2D eigenvalue weighted by Gasteiger charge is -2.08. The van der Waals surface area contributed by atoms with Crippen molar-refractivity contribution >= 4 is 28.2 Å². The quantitative estimate of drug-likeness (QED) is 0.754. The molecular weight excluding hydrogens is 312 g/mol. The summed E-state index contributed by atoms with van der Waals surface area (Å²) in [4.78, 5) is 13.4. The molecule has 1 amide bonds. The average molecular weight is 328 g/mol. The van der Waals surface area contributed by atoms with Gasteiger partial charge in [0.1, 0.15) is 5.56 Å². The first-order chi connectivity index (χ1) is 11.2. The number of amides is 1. The number of ether oxygens (including phenoxy) is 1. The molecule has 0 fully saturated rings. The van der Waals surface area contributed by atoms with E-state index < -0.39 is 0 Å². The van der Waals surface area contributed by atoms with Crippen LogP contribution in [-0.2, 0) is 6.54 Å². The van der Waals surface area contributed by atoms with Gasteiger partial charge in [0.15, 0.2) is 11.3 Å². The monoisotopic (exact) mass is 328 g/mol. The van der Waals surface area contributed by atoms with E-state index in [-0.39, 0.29) is 17.0 Å². The zero-order chi connectivity index (χ0) is 16.2. The van der Waals surface area contributed by atoms with Gasteiger partial charge in [-0.25, -0.2) is 0 Å². The van der Waals surface area contributed by atoms with Gasteiger partial charge in [0.25, 0.3) is 5.91 Å². The normalized spacial score (nSPS) is 10.7. The standard InChI is InChI=1S/C17H16N2O3S/c1-2-21-14-7-3-5-11-9-13(16(18)22-15(11)14)17(20)19-10-12-6-4-8-23-12/h3-9,18H,2,10H2,1H3,(H,19,20). The fraction of sp³-hybridized carbons (Fsp3) is 0.176. The maximum absolute atomic E-state index is 12.3. The third-order valence-electron chi connectivity index (χ3n) is 3.31. The van der Waals surface area contributed by atoms with Crippen LogP contribution in [0.15, 0.2) is 46.2 Å². The summed E-state index contributed by atoms with van der Waals surface area (Å²) in [5, 5.41) is 13.5. The summed E-state index contributed by atoms with van der Waals surface area (Å²) in [7, 11) is 0. The number of fused-ring (bicyclic) bond motifs is 1. The molecule has 0 radical (unpaired) electrons. The minimum atomic E-state index is -0.323. The van der Waals surface area contributed by atoms with Gasteiger partial charge in [-0.2, -0.15) is 0 Å². The zero-order valence-corrected chi connectivity index (χ0v) is 13.4. The predicted molar refractivity (Wildman–Crippen MR) is 88.7 cm³/mol. The van der Waals surface area contributed by atoms with Crippen LogP contribution in [0.5, 0.6) is 5.75 Å². The Labute approximate surface area is 137 Å². The number of thiophene rings is 1. The molecule has 0 aliphatic rings. The van der Waals surface area contributed by atoms with Gasteiger partial charge in [-0.15, -0.1) is 11.3 Å². The van der Waals surface area contributed by atoms with Crippen LogP contribution in [-0.4, -0.2) is 12.5 Å². The average Bonchev–Trinajstić information content (AvgIpc) is 3.06. The van der Waals surface area contributed by atoms with Gasteiger partial charge in [0.05, 0.1) is 13.2 Å². The molecule has 118 valence electrons. The molecule has 0 saturated carbocycles. The molecule has 5 nitrogen and oxygen atoms in total. The van der Waals surface area contributed by atoms with E-state index in [1.54, 1.807) is 23.5 Å². The van der Waals surface area contributed by atoms with E-state index in [4.69, 9.17) is 14.6 Å². The topological polar surface area (TPSA) is 75.3 Å². The highest BCUT2D eigenvalue weighted by molar-refractivity contribution is 7.09.